The smallest absolute Gasteiger partial charge is 0.211 e. The predicted molar refractivity (Wildman–Crippen MR) is 34.8 cm³/mol. The molecule has 0 aliphatic carbocycles. The van der Waals surface area contributed by atoms with Crippen molar-refractivity contribution in [3.8, 4) is 0 Å². The third kappa shape index (κ3) is 1.69. The van der Waals surface area contributed by atoms with E-state index in [9.17, 15) is 0 Å². The lowest BCUT2D eigenvalue weighted by Gasteiger charge is -2.33. The maximum Gasteiger partial charge on any atom is 0.211 e. The van der Waals surface area contributed by atoms with Gasteiger partial charge >= 0.3 is 0 Å². The van der Waals surface area contributed by atoms with E-state index in [4.69, 9.17) is 13.8 Å². The van der Waals surface area contributed by atoms with Gasteiger partial charge in [-0.15, -0.1) is 0 Å². The van der Waals surface area contributed by atoms with Crippen LogP contribution in [-0.4, -0.2) is 57.9 Å². The lowest BCUT2D eigenvalue weighted by Crippen LogP contribution is -2.53. The fourth-order valence-corrected chi connectivity index (χ4v) is 0.948. The summed E-state index contributed by atoms with van der Waals surface area (Å²) in [6.07, 6.45) is -3.31. The molecule has 5 heteroatoms. The number of methoxy groups -OCH3 is 1. The minimum Gasteiger partial charge on any atom is -0.388 e. The normalized spacial score (nSPS) is 49.4. The first-order valence-corrected chi connectivity index (χ1v) is 3.28. The van der Waals surface area contributed by atoms with E-state index in [0.717, 1.165) is 0 Å². The van der Waals surface area contributed by atoms with Crippen LogP contribution in [0, 0.1) is 0 Å². The second kappa shape index (κ2) is 3.46. The maximum atomic E-state index is 6.79. The molecule has 3 N–H and O–H groups in total. The second-order valence-electron chi connectivity index (χ2n) is 2.41. The van der Waals surface area contributed by atoms with Gasteiger partial charge in [0.05, 0.1) is 6.61 Å². The van der Waals surface area contributed by atoms with Gasteiger partial charge in [-0.25, -0.2) is 0 Å². The number of aliphatic hydroxyl groups excluding tert-OH is 3. The van der Waals surface area contributed by atoms with Gasteiger partial charge in [0, 0.05) is 7.11 Å². The van der Waals surface area contributed by atoms with E-state index in [2.05, 4.69) is 15.3 Å². The first kappa shape index (κ1) is 5.45. The maximum absolute atomic E-state index is 6.79. The quantitative estimate of drug-likeness (QED) is 0.454. The molecule has 0 bridgehead atoms. The predicted octanol–water partition coefficient (Wildman–Crippen LogP) is -1.93. The SMILES string of the molecule is [2H]O[C@@H]1[C@@H](O[2H])[C@H](OC)OC[C@H]1O[2H]. The van der Waals surface area contributed by atoms with Crippen molar-refractivity contribution in [2.75, 3.05) is 13.7 Å². The van der Waals surface area contributed by atoms with Crippen LogP contribution in [0.15, 0.2) is 0 Å². The Morgan fingerprint density at radius 3 is 2.82 bits per heavy atom. The summed E-state index contributed by atoms with van der Waals surface area (Å²) in [5.41, 5.74) is 0. The zero-order valence-electron chi connectivity index (χ0n) is 9.06. The number of hydrogen-bond acceptors (Lipinski definition) is 5. The molecule has 0 unspecified atom stereocenters. The van der Waals surface area contributed by atoms with Gasteiger partial charge in [-0.1, -0.05) is 0 Å². The van der Waals surface area contributed by atoms with E-state index in [1.165, 1.54) is 7.11 Å². The molecule has 0 aromatic heterocycles. The van der Waals surface area contributed by atoms with Gasteiger partial charge in [0.15, 0.2) is 6.29 Å². The Morgan fingerprint density at radius 2 is 2.27 bits per heavy atom. The molecular formula is C6H12O5. The van der Waals surface area contributed by atoms with Crippen LogP contribution in [0.3, 0.4) is 0 Å². The number of aliphatic hydroxyl groups is 3. The zero-order chi connectivity index (χ0) is 10.6. The summed E-state index contributed by atoms with van der Waals surface area (Å²) in [6, 6.07) is 0. The highest BCUT2D eigenvalue weighted by molar-refractivity contribution is 4.81. The first-order valence-electron chi connectivity index (χ1n) is 4.51. The molecular weight excluding hydrogens is 152 g/mol. The Hall–Kier alpha value is -0.200. The molecule has 0 amide bonds. The highest BCUT2D eigenvalue weighted by atomic mass is 16.7. The van der Waals surface area contributed by atoms with Crippen molar-refractivity contribution < 1.29 is 24.8 Å². The lowest BCUT2D eigenvalue weighted by molar-refractivity contribution is -0.261. The minimum absolute atomic E-state index is 0.0609. The molecule has 1 fully saturated rings. The highest BCUT2D eigenvalue weighted by Crippen LogP contribution is 2.15. The molecule has 4 atom stereocenters. The standard InChI is InChI=1S/C6H12O5/c1-10-6-5(9)4(8)3(7)2-11-6/h3-9H,2H2,1H3/t3-,4+,5-,6-/m1/s1/i7D,8D,9D. The van der Waals surface area contributed by atoms with Crippen LogP contribution in [0.1, 0.15) is 0 Å². The van der Waals surface area contributed by atoms with E-state index in [1.807, 2.05) is 0 Å². The molecule has 0 spiro atoms. The fraction of sp³-hybridized carbons (Fsp3) is 1.00. The molecule has 0 aromatic rings. The summed E-state index contributed by atoms with van der Waals surface area (Å²) in [7, 11) is 1.39. The summed E-state index contributed by atoms with van der Waals surface area (Å²) < 4.78 is 30.3. The second-order valence-corrected chi connectivity index (χ2v) is 2.41. The van der Waals surface area contributed by atoms with E-state index in [-0.39, 0.29) is 6.61 Å². The van der Waals surface area contributed by atoms with Crippen molar-refractivity contribution in [2.45, 2.75) is 24.6 Å². The van der Waals surface area contributed by atoms with Crippen LogP contribution >= 0.6 is 0 Å². The van der Waals surface area contributed by atoms with Gasteiger partial charge in [-0.3, -0.25) is 0 Å². The number of rotatable bonds is 4. The van der Waals surface area contributed by atoms with Crippen LogP contribution in [0.4, 0.5) is 0 Å². The van der Waals surface area contributed by atoms with Crippen LogP contribution in [0.25, 0.3) is 0 Å². The molecule has 1 aliphatic rings. The van der Waals surface area contributed by atoms with Crippen molar-refractivity contribution in [3.63, 3.8) is 0 Å². The largest absolute Gasteiger partial charge is 0.388 e. The highest BCUT2D eigenvalue weighted by Gasteiger charge is 2.37. The molecule has 11 heavy (non-hydrogen) atoms. The summed E-state index contributed by atoms with van der Waals surface area (Å²) in [5.74, 6) is 0. The van der Waals surface area contributed by atoms with Crippen molar-refractivity contribution >= 4 is 0 Å². The average Bonchev–Trinajstić information content (AvgIpc) is 2.26. The zero-order valence-corrected chi connectivity index (χ0v) is 6.06. The average molecular weight is 167 g/mol. The van der Waals surface area contributed by atoms with Crippen LogP contribution in [0.2, 0.25) is 0 Å². The molecule has 1 saturated heterocycles. The van der Waals surface area contributed by atoms with Gasteiger partial charge in [-0.2, -0.15) is 0 Å². The Bertz CT molecular complexity index is 154. The van der Waals surface area contributed by atoms with Gasteiger partial charge < -0.3 is 24.8 Å². The van der Waals surface area contributed by atoms with Crippen LogP contribution in [0.5, 0.6) is 0 Å². The van der Waals surface area contributed by atoms with Gasteiger partial charge in [0.1, 0.15) is 18.3 Å². The van der Waals surface area contributed by atoms with E-state index >= 15 is 0 Å². The topological polar surface area (TPSA) is 79.2 Å². The third-order valence-electron chi connectivity index (χ3n) is 1.62. The molecule has 0 aromatic carbocycles. The molecule has 1 heterocycles. The van der Waals surface area contributed by atoms with Gasteiger partial charge in [0.2, 0.25) is 4.29 Å². The summed E-state index contributed by atoms with van der Waals surface area (Å²) >= 11 is 0. The number of ether oxygens (including phenoxy) is 2. The number of hydrogen-bond donors (Lipinski definition) is 3. The van der Waals surface area contributed by atoms with Crippen molar-refractivity contribution in [1.29, 1.82) is 4.29 Å². The van der Waals surface area contributed by atoms with Crippen molar-refractivity contribution in [3.05, 3.63) is 0 Å². The lowest BCUT2D eigenvalue weighted by atomic mass is 10.1. The third-order valence-corrected chi connectivity index (χ3v) is 1.62. The van der Waals surface area contributed by atoms with E-state index in [1.54, 1.807) is 0 Å². The first-order chi connectivity index (χ1) is 6.78. The minimum atomic E-state index is -0.901. The molecule has 0 radical (unpaired) electrons. The Kier molecular flexibility index (Phi) is 1.72. The summed E-state index contributed by atoms with van der Waals surface area (Å²) in [6.45, 7) is 0.0609. The summed E-state index contributed by atoms with van der Waals surface area (Å²) in [5, 5.41) is 12.9. The van der Waals surface area contributed by atoms with Crippen molar-refractivity contribution in [2.24, 2.45) is 0 Å². The molecule has 66 valence electrons. The monoisotopic (exact) mass is 167 g/mol. The van der Waals surface area contributed by atoms with Crippen molar-refractivity contribution in [1.82, 2.24) is 0 Å². The Labute approximate surface area is 68.6 Å². The molecule has 1 aliphatic heterocycles. The van der Waals surface area contributed by atoms with E-state index in [0.29, 0.717) is 0 Å². The van der Waals surface area contributed by atoms with Gasteiger partial charge in [0.25, 0.3) is 0 Å². The molecule has 5 nitrogen and oxygen atoms in total. The van der Waals surface area contributed by atoms with Gasteiger partial charge in [-0.05, 0) is 0 Å². The van der Waals surface area contributed by atoms with Crippen LogP contribution < -0.4 is 0 Å². The Balaban J connectivity index is 2.67. The Morgan fingerprint density at radius 1 is 1.45 bits per heavy atom. The molecule has 0 saturated carbocycles. The van der Waals surface area contributed by atoms with Crippen LogP contribution in [-0.2, 0) is 9.47 Å². The fourth-order valence-electron chi connectivity index (χ4n) is 0.948. The molecule has 1 rings (SSSR count). The summed E-state index contributed by atoms with van der Waals surface area (Å²) in [4.78, 5) is 0. The van der Waals surface area contributed by atoms with E-state index < -0.39 is 24.6 Å².